The second kappa shape index (κ2) is 8.82. The van der Waals surface area contributed by atoms with E-state index in [2.05, 4.69) is 0 Å². The van der Waals surface area contributed by atoms with Crippen LogP contribution in [0.1, 0.15) is 38.5 Å². The molecule has 0 aliphatic heterocycles. The maximum absolute atomic E-state index is 12.1. The summed E-state index contributed by atoms with van der Waals surface area (Å²) in [5.74, 6) is 0. The number of rotatable bonds is 9. The molecule has 0 N–H and O–H groups in total. The molecule has 0 saturated carbocycles. The zero-order valence-corrected chi connectivity index (χ0v) is 9.98. The molecule has 98 valence electrons. The Hall–Kier alpha value is -0.290. The van der Waals surface area contributed by atoms with Crippen LogP contribution in [-0.2, 0) is 9.47 Å². The third-order valence-electron chi connectivity index (χ3n) is 2.42. The quantitative estimate of drug-likeness (QED) is 0.576. The van der Waals surface area contributed by atoms with Crippen molar-refractivity contribution >= 4 is 0 Å². The summed E-state index contributed by atoms with van der Waals surface area (Å²) in [5, 5.41) is 0. The number of unbranched alkanes of at least 4 members (excludes halogenated alkanes) is 3. The van der Waals surface area contributed by atoms with E-state index in [0.717, 1.165) is 32.3 Å². The largest absolute Gasteiger partial charge is 0.391 e. The fraction of sp³-hybridized carbons (Fsp3) is 1.00. The third-order valence-corrected chi connectivity index (χ3v) is 2.42. The van der Waals surface area contributed by atoms with Crippen LogP contribution in [0.4, 0.5) is 13.2 Å². The van der Waals surface area contributed by atoms with Crippen molar-refractivity contribution in [2.45, 2.75) is 50.8 Å². The van der Waals surface area contributed by atoms with Crippen molar-refractivity contribution in [2.75, 3.05) is 20.8 Å². The molecule has 0 saturated heterocycles. The lowest BCUT2D eigenvalue weighted by atomic mass is 10.1. The van der Waals surface area contributed by atoms with Gasteiger partial charge in [0.15, 0.2) is 0 Å². The smallest absolute Gasteiger partial charge is 0.385 e. The Balaban J connectivity index is 3.48. The van der Waals surface area contributed by atoms with Crippen molar-refractivity contribution in [3.63, 3.8) is 0 Å². The molecule has 0 spiro atoms. The molecule has 0 radical (unpaired) electrons. The van der Waals surface area contributed by atoms with E-state index in [4.69, 9.17) is 9.47 Å². The zero-order valence-electron chi connectivity index (χ0n) is 9.98. The molecule has 0 fully saturated rings. The van der Waals surface area contributed by atoms with Gasteiger partial charge in [0.2, 0.25) is 0 Å². The maximum Gasteiger partial charge on any atom is 0.391 e. The highest BCUT2D eigenvalue weighted by Crippen LogP contribution is 2.25. The van der Waals surface area contributed by atoms with Crippen LogP contribution in [0.5, 0.6) is 0 Å². The molecule has 0 aromatic carbocycles. The minimum absolute atomic E-state index is 0.475. The van der Waals surface area contributed by atoms with E-state index in [0.29, 0.717) is 6.42 Å². The predicted octanol–water partition coefficient (Wildman–Crippen LogP) is 3.55. The minimum Gasteiger partial charge on any atom is -0.385 e. The number of ether oxygens (including phenoxy) is 2. The van der Waals surface area contributed by atoms with Crippen LogP contribution in [0.3, 0.4) is 0 Å². The van der Waals surface area contributed by atoms with Crippen LogP contribution in [0.2, 0.25) is 0 Å². The summed E-state index contributed by atoms with van der Waals surface area (Å²) in [6.07, 6.45) is -1.52. The van der Waals surface area contributed by atoms with Gasteiger partial charge in [-0.25, -0.2) is 0 Å². The molecule has 0 aliphatic rings. The van der Waals surface area contributed by atoms with Crippen molar-refractivity contribution in [1.82, 2.24) is 0 Å². The molecule has 0 aromatic rings. The summed E-state index contributed by atoms with van der Waals surface area (Å²) in [4.78, 5) is 0. The first kappa shape index (κ1) is 15.7. The van der Waals surface area contributed by atoms with Crippen molar-refractivity contribution in [2.24, 2.45) is 0 Å². The van der Waals surface area contributed by atoms with Gasteiger partial charge in [-0.1, -0.05) is 19.3 Å². The van der Waals surface area contributed by atoms with Gasteiger partial charge in [-0.15, -0.1) is 0 Å². The maximum atomic E-state index is 12.1. The lowest BCUT2D eigenvalue weighted by molar-refractivity contribution is -0.158. The summed E-state index contributed by atoms with van der Waals surface area (Å²) in [6.45, 7) is 0.719. The summed E-state index contributed by atoms with van der Waals surface area (Å²) in [5.41, 5.74) is 0. The summed E-state index contributed by atoms with van der Waals surface area (Å²) in [6, 6.07) is 0. The highest BCUT2D eigenvalue weighted by Gasteiger charge is 2.31. The Morgan fingerprint density at radius 3 is 2.12 bits per heavy atom. The molecule has 0 bridgehead atoms. The zero-order chi connectivity index (χ0) is 12.4. The van der Waals surface area contributed by atoms with Gasteiger partial charge in [0, 0.05) is 20.8 Å². The molecule has 2 nitrogen and oxygen atoms in total. The van der Waals surface area contributed by atoms with Gasteiger partial charge in [0.1, 0.15) is 0 Å². The van der Waals surface area contributed by atoms with Crippen LogP contribution < -0.4 is 0 Å². The molecule has 0 heterocycles. The monoisotopic (exact) mass is 242 g/mol. The highest BCUT2D eigenvalue weighted by molar-refractivity contribution is 4.63. The second-order valence-electron chi connectivity index (χ2n) is 3.87. The lowest BCUT2D eigenvalue weighted by Crippen LogP contribution is -2.21. The molecule has 0 rings (SSSR count). The normalized spacial score (nSPS) is 14.1. The van der Waals surface area contributed by atoms with E-state index < -0.39 is 18.7 Å². The van der Waals surface area contributed by atoms with Gasteiger partial charge in [-0.2, -0.15) is 13.2 Å². The van der Waals surface area contributed by atoms with E-state index in [1.165, 1.54) is 7.11 Å². The first-order chi connectivity index (χ1) is 7.49. The van der Waals surface area contributed by atoms with Crippen molar-refractivity contribution < 1.29 is 22.6 Å². The molecule has 1 atom stereocenters. The van der Waals surface area contributed by atoms with Gasteiger partial charge >= 0.3 is 6.18 Å². The topological polar surface area (TPSA) is 18.5 Å². The molecule has 0 aliphatic carbocycles. The van der Waals surface area contributed by atoms with Crippen LogP contribution in [0, 0.1) is 0 Å². The number of alkyl halides is 3. The van der Waals surface area contributed by atoms with Gasteiger partial charge in [-0.05, 0) is 12.8 Å². The summed E-state index contributed by atoms with van der Waals surface area (Å²) >= 11 is 0. The van der Waals surface area contributed by atoms with E-state index in [1.807, 2.05) is 0 Å². The Morgan fingerprint density at radius 2 is 1.62 bits per heavy atom. The average molecular weight is 242 g/mol. The number of halogens is 3. The van der Waals surface area contributed by atoms with Crippen LogP contribution in [-0.4, -0.2) is 33.1 Å². The molecule has 0 aromatic heterocycles. The standard InChI is InChI=1S/C11H21F3O2/c1-15-8-6-4-3-5-7-10(16-2)9-11(12,13)14/h10H,3-9H2,1-2H3. The van der Waals surface area contributed by atoms with Crippen LogP contribution in [0.25, 0.3) is 0 Å². The second-order valence-corrected chi connectivity index (χ2v) is 3.87. The van der Waals surface area contributed by atoms with Gasteiger partial charge in [-0.3, -0.25) is 0 Å². The molecule has 5 heteroatoms. The minimum atomic E-state index is -4.13. The number of methoxy groups -OCH3 is 2. The molecule has 0 amide bonds. The average Bonchev–Trinajstić information content (AvgIpc) is 2.19. The summed E-state index contributed by atoms with van der Waals surface area (Å²) in [7, 11) is 2.98. The Bertz CT molecular complexity index is 160. The van der Waals surface area contributed by atoms with E-state index in [9.17, 15) is 13.2 Å². The van der Waals surface area contributed by atoms with E-state index in [-0.39, 0.29) is 0 Å². The van der Waals surface area contributed by atoms with Crippen LogP contribution in [0.15, 0.2) is 0 Å². The summed E-state index contributed by atoms with van der Waals surface area (Å²) < 4.78 is 45.9. The fourth-order valence-electron chi connectivity index (χ4n) is 1.53. The van der Waals surface area contributed by atoms with Crippen molar-refractivity contribution in [3.8, 4) is 0 Å². The molecular formula is C11H21F3O2. The molecule has 16 heavy (non-hydrogen) atoms. The van der Waals surface area contributed by atoms with Crippen molar-refractivity contribution in [3.05, 3.63) is 0 Å². The fourth-order valence-corrected chi connectivity index (χ4v) is 1.53. The lowest BCUT2D eigenvalue weighted by Gasteiger charge is -2.16. The SMILES string of the molecule is COCCCCCCC(CC(F)(F)F)OC. The predicted molar refractivity (Wildman–Crippen MR) is 56.4 cm³/mol. The third kappa shape index (κ3) is 10.2. The van der Waals surface area contributed by atoms with Crippen molar-refractivity contribution in [1.29, 1.82) is 0 Å². The van der Waals surface area contributed by atoms with Crippen LogP contribution >= 0.6 is 0 Å². The van der Waals surface area contributed by atoms with Gasteiger partial charge < -0.3 is 9.47 Å². The highest BCUT2D eigenvalue weighted by atomic mass is 19.4. The number of hydrogen-bond donors (Lipinski definition) is 0. The number of hydrogen-bond acceptors (Lipinski definition) is 2. The van der Waals surface area contributed by atoms with E-state index >= 15 is 0 Å². The van der Waals surface area contributed by atoms with Gasteiger partial charge in [0.05, 0.1) is 12.5 Å². The Labute approximate surface area is 95.1 Å². The molecular weight excluding hydrogens is 221 g/mol. The Kier molecular flexibility index (Phi) is 8.66. The Morgan fingerprint density at radius 1 is 1.00 bits per heavy atom. The van der Waals surface area contributed by atoms with E-state index in [1.54, 1.807) is 7.11 Å². The first-order valence-corrected chi connectivity index (χ1v) is 5.58. The van der Waals surface area contributed by atoms with Gasteiger partial charge in [0.25, 0.3) is 0 Å². The first-order valence-electron chi connectivity index (χ1n) is 5.58. The molecule has 1 unspecified atom stereocenters.